The number of nitrogens with zero attached hydrogens (tertiary/aromatic N) is 2. The van der Waals surface area contributed by atoms with Gasteiger partial charge in [0.25, 0.3) is 5.92 Å². The minimum absolute atomic E-state index is 0.0383. The quantitative estimate of drug-likeness (QED) is 0.246. The third kappa shape index (κ3) is 6.73. The molecule has 0 radical (unpaired) electrons. The molecule has 4 rings (SSSR count). The lowest BCUT2D eigenvalue weighted by Crippen LogP contribution is -2.27. The zero-order chi connectivity index (χ0) is 28.2. The molecule has 5 nitrogen and oxygen atoms in total. The number of aryl methyl sites for hydroxylation is 2. The van der Waals surface area contributed by atoms with Gasteiger partial charge in [-0.25, -0.2) is 9.97 Å². The molecule has 1 aromatic heterocycles. The molecule has 7 heteroatoms. The Kier molecular flexibility index (Phi) is 8.51. The van der Waals surface area contributed by atoms with Crippen LogP contribution in [0.1, 0.15) is 53.3 Å². The maximum absolute atomic E-state index is 14.0. The van der Waals surface area contributed by atoms with Gasteiger partial charge in [-0.3, -0.25) is 4.79 Å². The summed E-state index contributed by atoms with van der Waals surface area (Å²) in [5, 5.41) is 9.31. The molecule has 39 heavy (non-hydrogen) atoms. The second-order valence-electron chi connectivity index (χ2n) is 9.92. The molecule has 0 aliphatic heterocycles. The molecule has 0 aliphatic rings. The molecule has 0 fully saturated rings. The molecule has 1 N–H and O–H groups in total. The summed E-state index contributed by atoms with van der Waals surface area (Å²) in [6.07, 6.45) is 1.53. The van der Waals surface area contributed by atoms with Crippen LogP contribution in [-0.4, -0.2) is 27.0 Å². The van der Waals surface area contributed by atoms with Gasteiger partial charge in [-0.1, -0.05) is 72.3 Å². The standard InChI is InChI=1S/C32H32F2N2O3/c1-20-5-14-29(21(2)17-20)22(3)39-31-30(35-15-16-36-31)26-10-6-24(7-11-26)18-28(38)19-25-8-12-27(13-9-25)32(33,34)23(4)37/h5-17,22-23,37H,18-19H2,1-4H3/t22-,23?/m1/s1. The number of Topliss-reactive ketones (excluding diaryl/α,β-unsaturated/α-hetero) is 1. The molecule has 0 amide bonds. The van der Waals surface area contributed by atoms with E-state index in [0.29, 0.717) is 17.1 Å². The average molecular weight is 531 g/mol. The van der Waals surface area contributed by atoms with E-state index in [-0.39, 0.29) is 30.3 Å². The van der Waals surface area contributed by atoms with Crippen molar-refractivity contribution in [2.45, 2.75) is 58.7 Å². The Morgan fingerprint density at radius 2 is 1.49 bits per heavy atom. The van der Waals surface area contributed by atoms with E-state index >= 15 is 0 Å². The predicted molar refractivity (Wildman–Crippen MR) is 147 cm³/mol. The normalized spacial score (nSPS) is 13.1. The lowest BCUT2D eigenvalue weighted by Gasteiger charge is -2.19. The van der Waals surface area contributed by atoms with Crippen molar-refractivity contribution in [2.24, 2.45) is 0 Å². The van der Waals surface area contributed by atoms with Gasteiger partial charge in [-0.05, 0) is 49.9 Å². The van der Waals surface area contributed by atoms with E-state index in [1.807, 2.05) is 31.2 Å². The van der Waals surface area contributed by atoms with Gasteiger partial charge in [0.2, 0.25) is 5.88 Å². The molecular formula is C32H32F2N2O3. The van der Waals surface area contributed by atoms with Crippen molar-refractivity contribution in [1.82, 2.24) is 9.97 Å². The molecule has 1 heterocycles. The van der Waals surface area contributed by atoms with E-state index in [9.17, 15) is 18.7 Å². The maximum atomic E-state index is 14.0. The van der Waals surface area contributed by atoms with E-state index in [4.69, 9.17) is 4.74 Å². The largest absolute Gasteiger partial charge is 0.468 e. The Balaban J connectivity index is 1.42. The average Bonchev–Trinajstić information content (AvgIpc) is 2.89. The summed E-state index contributed by atoms with van der Waals surface area (Å²) in [6.45, 7) is 7.15. The van der Waals surface area contributed by atoms with Crippen LogP contribution in [0.4, 0.5) is 8.78 Å². The second kappa shape index (κ2) is 11.8. The Bertz CT molecular complexity index is 1440. The number of halogens is 2. The number of alkyl halides is 2. The fourth-order valence-corrected chi connectivity index (χ4v) is 4.51. The maximum Gasteiger partial charge on any atom is 0.298 e. The summed E-state index contributed by atoms with van der Waals surface area (Å²) in [5.41, 5.74) is 6.04. The molecular weight excluding hydrogens is 498 g/mol. The number of benzene rings is 3. The third-order valence-corrected chi connectivity index (χ3v) is 6.71. The van der Waals surface area contributed by atoms with Crippen LogP contribution in [0.2, 0.25) is 0 Å². The minimum atomic E-state index is -3.34. The van der Waals surface area contributed by atoms with E-state index < -0.39 is 12.0 Å². The summed E-state index contributed by atoms with van der Waals surface area (Å²) in [6, 6.07) is 19.3. The first-order valence-corrected chi connectivity index (χ1v) is 12.9. The fourth-order valence-electron chi connectivity index (χ4n) is 4.51. The molecule has 0 saturated carbocycles. The smallest absolute Gasteiger partial charge is 0.298 e. The van der Waals surface area contributed by atoms with Crippen LogP contribution >= 0.6 is 0 Å². The van der Waals surface area contributed by atoms with Gasteiger partial charge in [0.1, 0.15) is 23.7 Å². The molecule has 4 aromatic rings. The Labute approximate surface area is 227 Å². The van der Waals surface area contributed by atoms with Crippen LogP contribution in [0, 0.1) is 13.8 Å². The molecule has 0 bridgehead atoms. The summed E-state index contributed by atoms with van der Waals surface area (Å²) in [4.78, 5) is 21.6. The van der Waals surface area contributed by atoms with E-state index in [1.165, 1.54) is 29.8 Å². The van der Waals surface area contributed by atoms with Crippen molar-refractivity contribution in [3.05, 3.63) is 113 Å². The minimum Gasteiger partial charge on any atom is -0.468 e. The summed E-state index contributed by atoms with van der Waals surface area (Å²) >= 11 is 0. The monoisotopic (exact) mass is 530 g/mol. The highest BCUT2D eigenvalue weighted by Crippen LogP contribution is 2.32. The van der Waals surface area contributed by atoms with Crippen molar-refractivity contribution in [3.8, 4) is 17.1 Å². The summed E-state index contributed by atoms with van der Waals surface area (Å²) in [5.74, 6) is -2.95. The van der Waals surface area contributed by atoms with Gasteiger partial charge in [0.05, 0.1) is 0 Å². The fraction of sp³-hybridized carbons (Fsp3) is 0.281. The van der Waals surface area contributed by atoms with Gasteiger partial charge in [0, 0.05) is 36.4 Å². The summed E-state index contributed by atoms with van der Waals surface area (Å²) < 4.78 is 34.2. The third-order valence-electron chi connectivity index (χ3n) is 6.71. The highest BCUT2D eigenvalue weighted by molar-refractivity contribution is 5.83. The number of ether oxygens (including phenoxy) is 1. The Hall–Kier alpha value is -3.97. The molecule has 0 saturated heterocycles. The molecule has 0 aliphatic carbocycles. The number of hydrogen-bond acceptors (Lipinski definition) is 5. The number of aromatic nitrogens is 2. The van der Waals surface area contributed by atoms with E-state index in [1.54, 1.807) is 12.4 Å². The van der Waals surface area contributed by atoms with Gasteiger partial charge in [-0.15, -0.1) is 0 Å². The highest BCUT2D eigenvalue weighted by Gasteiger charge is 2.37. The topological polar surface area (TPSA) is 72.3 Å². The van der Waals surface area contributed by atoms with E-state index in [0.717, 1.165) is 29.2 Å². The van der Waals surface area contributed by atoms with Crippen LogP contribution in [0.3, 0.4) is 0 Å². The van der Waals surface area contributed by atoms with Crippen LogP contribution in [0.5, 0.6) is 5.88 Å². The van der Waals surface area contributed by atoms with Gasteiger partial charge in [-0.2, -0.15) is 8.78 Å². The van der Waals surface area contributed by atoms with Gasteiger partial charge < -0.3 is 9.84 Å². The second-order valence-corrected chi connectivity index (χ2v) is 9.92. The molecule has 0 spiro atoms. The molecule has 1 unspecified atom stereocenters. The number of carbonyl (C=O) groups excluding carboxylic acids is 1. The van der Waals surface area contributed by atoms with Crippen molar-refractivity contribution in [1.29, 1.82) is 0 Å². The zero-order valence-electron chi connectivity index (χ0n) is 22.5. The SMILES string of the molecule is Cc1ccc([C@@H](C)Oc2nccnc2-c2ccc(CC(=O)Cc3ccc(C(F)(F)C(C)O)cc3)cc2)c(C)c1. The number of hydrogen-bond donors (Lipinski definition) is 1. The number of ketones is 1. The first-order chi connectivity index (χ1) is 18.5. The van der Waals surface area contributed by atoms with Crippen molar-refractivity contribution in [3.63, 3.8) is 0 Å². The van der Waals surface area contributed by atoms with Crippen LogP contribution in [0.15, 0.2) is 79.1 Å². The van der Waals surface area contributed by atoms with Crippen molar-refractivity contribution < 1.29 is 23.4 Å². The molecule has 202 valence electrons. The predicted octanol–water partition coefficient (Wildman–Crippen LogP) is 6.73. The first kappa shape index (κ1) is 28.0. The highest BCUT2D eigenvalue weighted by atomic mass is 19.3. The van der Waals surface area contributed by atoms with Crippen molar-refractivity contribution >= 4 is 5.78 Å². The number of aliphatic hydroxyl groups is 1. The van der Waals surface area contributed by atoms with Crippen molar-refractivity contribution in [2.75, 3.05) is 0 Å². The number of aliphatic hydroxyl groups excluding tert-OH is 1. The first-order valence-electron chi connectivity index (χ1n) is 12.9. The zero-order valence-corrected chi connectivity index (χ0v) is 22.5. The number of carbonyl (C=O) groups is 1. The molecule has 2 atom stereocenters. The van der Waals surface area contributed by atoms with Crippen LogP contribution in [-0.2, 0) is 23.6 Å². The summed E-state index contributed by atoms with van der Waals surface area (Å²) in [7, 11) is 0. The van der Waals surface area contributed by atoms with Crippen LogP contribution in [0.25, 0.3) is 11.3 Å². The lowest BCUT2D eigenvalue weighted by atomic mass is 9.98. The Morgan fingerprint density at radius 3 is 2.08 bits per heavy atom. The Morgan fingerprint density at radius 1 is 0.897 bits per heavy atom. The van der Waals surface area contributed by atoms with E-state index in [2.05, 4.69) is 42.0 Å². The molecule has 3 aromatic carbocycles. The van der Waals surface area contributed by atoms with Gasteiger partial charge >= 0.3 is 0 Å². The van der Waals surface area contributed by atoms with Gasteiger partial charge in [0.15, 0.2) is 0 Å². The lowest BCUT2D eigenvalue weighted by molar-refractivity contribution is -0.117. The van der Waals surface area contributed by atoms with Crippen LogP contribution < -0.4 is 4.74 Å². The number of rotatable bonds is 10.